The maximum atomic E-state index is 13.4. The zero-order valence-corrected chi connectivity index (χ0v) is 22.4. The molecule has 0 amide bonds. The van der Waals surface area contributed by atoms with E-state index in [0.717, 1.165) is 33.6 Å². The summed E-state index contributed by atoms with van der Waals surface area (Å²) in [6, 6.07) is 11.7. The topological polar surface area (TPSA) is 52.1 Å². The summed E-state index contributed by atoms with van der Waals surface area (Å²) in [6.07, 6.45) is 0. The fourth-order valence-corrected chi connectivity index (χ4v) is 5.18. The minimum Gasteiger partial charge on any atom is -1.00 e. The molecule has 0 aliphatic carbocycles. The third kappa shape index (κ3) is 5.93. The Hall–Kier alpha value is -1.31. The first-order chi connectivity index (χ1) is 13.7. The molecule has 3 rings (SSSR count). The Morgan fingerprint density at radius 2 is 1.68 bits per heavy atom. The average Bonchev–Trinajstić information content (AvgIpc) is 2.66. The summed E-state index contributed by atoms with van der Waals surface area (Å²) in [6.45, 7) is 15.7. The van der Waals surface area contributed by atoms with Gasteiger partial charge in [-0.05, 0) is 49.3 Å². The number of fused-ring (bicyclic) bond motifs is 2. The molecule has 0 aliphatic rings. The lowest BCUT2D eigenvalue weighted by Crippen LogP contribution is -3.00. The Bertz CT molecular complexity index is 1080. The van der Waals surface area contributed by atoms with E-state index in [9.17, 15) is 4.79 Å². The van der Waals surface area contributed by atoms with E-state index < -0.39 is 8.32 Å². The van der Waals surface area contributed by atoms with Crippen LogP contribution in [0, 0.1) is 0 Å². The number of hydrogen-bond donors (Lipinski definition) is 1. The predicted molar refractivity (Wildman–Crippen MR) is 126 cm³/mol. The second-order valence-electron chi connectivity index (χ2n) is 8.89. The molecule has 0 bridgehead atoms. The van der Waals surface area contributed by atoms with Crippen molar-refractivity contribution < 1.29 is 39.3 Å². The zero-order chi connectivity index (χ0) is 21.2. The average molecular weight is 502 g/mol. The highest BCUT2D eigenvalue weighted by Crippen LogP contribution is 2.42. The SMILES string of the molecule is CC[NH2+]CCOc1ccc(O[Si](C)(C)C(C)(C)C)c2sc3ccccc3c(=O)c12.[Cl-].[Cl-]. The van der Waals surface area contributed by atoms with E-state index in [1.807, 2.05) is 36.4 Å². The van der Waals surface area contributed by atoms with Crippen LogP contribution in [0.15, 0.2) is 41.2 Å². The normalized spacial score (nSPS) is 11.7. The molecule has 0 aliphatic heterocycles. The third-order valence-electron chi connectivity index (χ3n) is 5.69. The first-order valence-electron chi connectivity index (χ1n) is 10.3. The molecule has 4 nitrogen and oxygen atoms in total. The van der Waals surface area contributed by atoms with Crippen molar-refractivity contribution in [1.82, 2.24) is 0 Å². The van der Waals surface area contributed by atoms with Crippen LogP contribution in [-0.2, 0) is 0 Å². The molecule has 0 unspecified atom stereocenters. The number of nitrogens with two attached hydrogens (primary N) is 1. The van der Waals surface area contributed by atoms with Crippen LogP contribution < -0.4 is 44.7 Å². The summed E-state index contributed by atoms with van der Waals surface area (Å²) < 4.78 is 14.5. The van der Waals surface area contributed by atoms with Gasteiger partial charge in [0.15, 0.2) is 5.43 Å². The van der Waals surface area contributed by atoms with E-state index in [2.05, 4.69) is 46.1 Å². The minimum absolute atomic E-state index is 0. The molecule has 3 aromatic rings. The summed E-state index contributed by atoms with van der Waals surface area (Å²) in [5, 5.41) is 3.64. The summed E-state index contributed by atoms with van der Waals surface area (Å²) in [4.78, 5) is 13.4. The van der Waals surface area contributed by atoms with E-state index in [0.29, 0.717) is 17.7 Å². The number of ether oxygens (including phenoxy) is 1. The molecule has 1 heterocycles. The van der Waals surface area contributed by atoms with Crippen molar-refractivity contribution >= 4 is 39.8 Å². The molecule has 0 saturated carbocycles. The van der Waals surface area contributed by atoms with Gasteiger partial charge in [0.25, 0.3) is 8.32 Å². The standard InChI is InChI=1S/C23H31NO3SSi.2ClH/c1-7-24-14-15-26-17-12-13-18(27-29(5,6)23(2,3)4)22-20(17)21(25)16-10-8-9-11-19(16)28-22;;/h8-13,24H,7,14-15H2,1-6H3;2*1H/p-1. The maximum absolute atomic E-state index is 13.4. The van der Waals surface area contributed by atoms with Gasteiger partial charge in [-0.15, -0.1) is 11.3 Å². The molecule has 2 aromatic carbocycles. The predicted octanol–water partition coefficient (Wildman–Crippen LogP) is -1.23. The van der Waals surface area contributed by atoms with Gasteiger partial charge in [0.1, 0.15) is 24.7 Å². The van der Waals surface area contributed by atoms with Crippen LogP contribution in [0.4, 0.5) is 0 Å². The van der Waals surface area contributed by atoms with E-state index in [4.69, 9.17) is 9.16 Å². The Kier molecular flexibility index (Phi) is 9.85. The molecule has 0 spiro atoms. The van der Waals surface area contributed by atoms with Gasteiger partial charge in [-0.3, -0.25) is 4.79 Å². The van der Waals surface area contributed by atoms with Gasteiger partial charge in [0.2, 0.25) is 0 Å². The van der Waals surface area contributed by atoms with Gasteiger partial charge >= 0.3 is 0 Å². The first kappa shape index (κ1) is 27.7. The minimum atomic E-state index is -2.04. The highest BCUT2D eigenvalue weighted by Gasteiger charge is 2.39. The lowest BCUT2D eigenvalue weighted by Gasteiger charge is -2.36. The number of likely N-dealkylation sites (N-methyl/N-ethyl adjacent to an activating group) is 1. The molecule has 0 saturated heterocycles. The molecular formula is C23H32Cl2NO3SSi-. The van der Waals surface area contributed by atoms with Crippen molar-refractivity contribution in [3.05, 3.63) is 46.6 Å². The van der Waals surface area contributed by atoms with Crippen molar-refractivity contribution in [2.75, 3.05) is 19.7 Å². The van der Waals surface area contributed by atoms with Crippen LogP contribution in [0.2, 0.25) is 18.1 Å². The Morgan fingerprint density at radius 3 is 2.32 bits per heavy atom. The van der Waals surface area contributed by atoms with Gasteiger partial charge in [-0.25, -0.2) is 0 Å². The summed E-state index contributed by atoms with van der Waals surface area (Å²) in [5.74, 6) is 1.45. The van der Waals surface area contributed by atoms with Gasteiger partial charge < -0.3 is 39.3 Å². The molecule has 8 heteroatoms. The van der Waals surface area contributed by atoms with Gasteiger partial charge in [-0.2, -0.15) is 0 Å². The van der Waals surface area contributed by atoms with Crippen LogP contribution in [0.3, 0.4) is 0 Å². The van der Waals surface area contributed by atoms with Crippen LogP contribution >= 0.6 is 11.3 Å². The smallest absolute Gasteiger partial charge is 0.250 e. The molecular weight excluding hydrogens is 469 g/mol. The Balaban J connectivity index is 0.00000240. The van der Waals surface area contributed by atoms with Crippen LogP contribution in [0.25, 0.3) is 20.2 Å². The first-order valence-corrected chi connectivity index (χ1v) is 14.0. The van der Waals surface area contributed by atoms with Gasteiger partial charge in [-0.1, -0.05) is 32.9 Å². The van der Waals surface area contributed by atoms with E-state index in [1.54, 1.807) is 11.3 Å². The zero-order valence-electron chi connectivity index (χ0n) is 19.1. The van der Waals surface area contributed by atoms with Crippen molar-refractivity contribution in [2.24, 2.45) is 0 Å². The molecule has 0 radical (unpaired) electrons. The van der Waals surface area contributed by atoms with Crippen LogP contribution in [0.1, 0.15) is 27.7 Å². The van der Waals surface area contributed by atoms with E-state index in [1.165, 1.54) is 0 Å². The molecule has 0 fully saturated rings. The highest BCUT2D eigenvalue weighted by molar-refractivity contribution is 7.25. The molecule has 1 aromatic heterocycles. The van der Waals surface area contributed by atoms with Crippen LogP contribution in [0.5, 0.6) is 11.5 Å². The van der Waals surface area contributed by atoms with E-state index >= 15 is 0 Å². The Labute approximate surface area is 202 Å². The number of quaternary nitrogens is 1. The van der Waals surface area contributed by atoms with Crippen molar-refractivity contribution in [1.29, 1.82) is 0 Å². The number of benzene rings is 2. The largest absolute Gasteiger partial charge is 1.00 e. The van der Waals surface area contributed by atoms with Gasteiger partial charge in [0.05, 0.1) is 16.6 Å². The highest BCUT2D eigenvalue weighted by atomic mass is 35.5. The lowest BCUT2D eigenvalue weighted by molar-refractivity contribution is -0.652. The summed E-state index contributed by atoms with van der Waals surface area (Å²) >= 11 is 1.61. The quantitative estimate of drug-likeness (QED) is 0.251. The number of rotatable bonds is 7. The van der Waals surface area contributed by atoms with Gasteiger partial charge in [0, 0.05) is 10.1 Å². The summed E-state index contributed by atoms with van der Waals surface area (Å²) in [7, 11) is -2.04. The van der Waals surface area contributed by atoms with Crippen LogP contribution in [-0.4, -0.2) is 28.0 Å². The van der Waals surface area contributed by atoms with Crippen molar-refractivity contribution in [3.63, 3.8) is 0 Å². The fourth-order valence-electron chi connectivity index (χ4n) is 2.93. The van der Waals surface area contributed by atoms with Crippen molar-refractivity contribution in [3.8, 4) is 11.5 Å². The second kappa shape index (κ2) is 11.0. The number of halogens is 2. The second-order valence-corrected chi connectivity index (χ2v) is 14.7. The molecule has 172 valence electrons. The molecule has 2 N–H and O–H groups in total. The molecule has 0 atom stereocenters. The number of hydrogen-bond acceptors (Lipinski definition) is 4. The Morgan fingerprint density at radius 1 is 1.03 bits per heavy atom. The molecule has 31 heavy (non-hydrogen) atoms. The van der Waals surface area contributed by atoms with E-state index in [-0.39, 0.29) is 35.3 Å². The maximum Gasteiger partial charge on any atom is 0.250 e. The lowest BCUT2D eigenvalue weighted by atomic mass is 10.1. The monoisotopic (exact) mass is 500 g/mol. The fraction of sp³-hybridized carbons (Fsp3) is 0.435. The summed E-state index contributed by atoms with van der Waals surface area (Å²) in [5.41, 5.74) is 0.0181. The third-order valence-corrected chi connectivity index (χ3v) is 11.2. The van der Waals surface area contributed by atoms with Crippen molar-refractivity contribution in [2.45, 2.75) is 45.8 Å².